The van der Waals surface area contributed by atoms with Gasteiger partial charge in [-0.25, -0.2) is 0 Å². The van der Waals surface area contributed by atoms with Crippen molar-refractivity contribution < 1.29 is 4.79 Å². The highest BCUT2D eigenvalue weighted by atomic mass is 35.6. The Morgan fingerprint density at radius 2 is 2.27 bits per heavy atom. The molecule has 1 rings (SSSR count). The molecule has 0 aromatic rings. The molecule has 1 fully saturated rings. The van der Waals surface area contributed by atoms with Crippen LogP contribution in [0.1, 0.15) is 12.8 Å². The third-order valence-corrected chi connectivity index (χ3v) is 3.23. The number of carbonyl (C=O) groups excluding carboxylic acids is 1. The molecular formula is C7H14ClNOSi. The summed E-state index contributed by atoms with van der Waals surface area (Å²) in [4.78, 5) is 13.0. The van der Waals surface area contributed by atoms with Gasteiger partial charge in [0.15, 0.2) is 7.38 Å². The first-order valence-electron chi connectivity index (χ1n) is 3.96. The maximum absolute atomic E-state index is 11.1. The molecule has 1 aliphatic rings. The number of likely N-dealkylation sites (tertiary alicyclic amines) is 1. The number of hydrogen-bond donors (Lipinski definition) is 0. The Balaban J connectivity index is 2.43. The summed E-state index contributed by atoms with van der Waals surface area (Å²) in [5.41, 5.74) is 0. The molecule has 1 heterocycles. The fourth-order valence-electron chi connectivity index (χ4n) is 1.33. The van der Waals surface area contributed by atoms with Gasteiger partial charge < -0.3 is 4.90 Å². The second kappa shape index (κ2) is 3.15. The molecule has 0 spiro atoms. The van der Waals surface area contributed by atoms with Crippen LogP contribution in [-0.4, -0.2) is 30.9 Å². The molecule has 1 amide bonds. The minimum absolute atomic E-state index is 0.284. The largest absolute Gasteiger partial charge is 0.344 e. The first kappa shape index (κ1) is 9.07. The number of nitrogens with zero attached hydrogens (tertiary/aromatic N) is 1. The van der Waals surface area contributed by atoms with Gasteiger partial charge in [-0.05, 0) is 6.42 Å². The molecule has 11 heavy (non-hydrogen) atoms. The van der Waals surface area contributed by atoms with E-state index < -0.39 is 7.38 Å². The van der Waals surface area contributed by atoms with Crippen LogP contribution in [0, 0.1) is 0 Å². The first-order valence-corrected chi connectivity index (χ1v) is 8.18. The summed E-state index contributed by atoms with van der Waals surface area (Å²) in [5.74, 6) is 0.284. The Kier molecular flexibility index (Phi) is 2.60. The Morgan fingerprint density at radius 3 is 2.64 bits per heavy atom. The third kappa shape index (κ3) is 2.83. The second-order valence-electron chi connectivity index (χ2n) is 3.64. The van der Waals surface area contributed by atoms with Crippen molar-refractivity contribution in [3.8, 4) is 0 Å². The van der Waals surface area contributed by atoms with Crippen LogP contribution in [0.3, 0.4) is 0 Å². The number of carbonyl (C=O) groups is 1. The van der Waals surface area contributed by atoms with E-state index in [0.29, 0.717) is 0 Å². The Morgan fingerprint density at radius 1 is 1.64 bits per heavy atom. The molecule has 0 aliphatic carbocycles. The monoisotopic (exact) mass is 191 g/mol. The van der Waals surface area contributed by atoms with Crippen molar-refractivity contribution in [2.45, 2.75) is 25.9 Å². The van der Waals surface area contributed by atoms with Gasteiger partial charge in [-0.1, -0.05) is 13.1 Å². The van der Waals surface area contributed by atoms with Gasteiger partial charge in [0.1, 0.15) is 0 Å². The zero-order valence-corrected chi connectivity index (χ0v) is 8.82. The van der Waals surface area contributed by atoms with E-state index in [4.69, 9.17) is 11.1 Å². The van der Waals surface area contributed by atoms with Crippen LogP contribution < -0.4 is 0 Å². The van der Waals surface area contributed by atoms with Crippen molar-refractivity contribution in [3.63, 3.8) is 0 Å². The molecule has 1 aliphatic heterocycles. The lowest BCUT2D eigenvalue weighted by atomic mass is 10.4. The minimum Gasteiger partial charge on any atom is -0.344 e. The summed E-state index contributed by atoms with van der Waals surface area (Å²) in [7, 11) is -1.59. The van der Waals surface area contributed by atoms with Crippen molar-refractivity contribution in [1.29, 1.82) is 0 Å². The average molecular weight is 192 g/mol. The lowest BCUT2D eigenvalue weighted by Crippen LogP contribution is -2.39. The highest BCUT2D eigenvalue weighted by Gasteiger charge is 2.27. The van der Waals surface area contributed by atoms with Gasteiger partial charge in [-0.2, -0.15) is 11.1 Å². The maximum Gasteiger partial charge on any atom is 0.222 e. The lowest BCUT2D eigenvalue weighted by Gasteiger charge is -2.22. The van der Waals surface area contributed by atoms with Crippen LogP contribution >= 0.6 is 11.1 Å². The second-order valence-corrected chi connectivity index (χ2v) is 10.5. The fourth-order valence-corrected chi connectivity index (χ4v) is 3.00. The predicted octanol–water partition coefficient (Wildman–Crippen LogP) is 1.59. The van der Waals surface area contributed by atoms with Gasteiger partial charge in [0, 0.05) is 19.1 Å². The summed E-state index contributed by atoms with van der Waals surface area (Å²) in [6.07, 6.45) is 2.55. The number of hydrogen-bond acceptors (Lipinski definition) is 1. The predicted molar refractivity (Wildman–Crippen MR) is 49.1 cm³/mol. The Bertz CT molecular complexity index is 166. The number of amides is 1. The molecule has 0 radical (unpaired) electrons. The van der Waals surface area contributed by atoms with Gasteiger partial charge in [0.25, 0.3) is 0 Å². The fraction of sp³-hybridized carbons (Fsp3) is 0.857. The molecule has 64 valence electrons. The van der Waals surface area contributed by atoms with E-state index in [1.54, 1.807) is 0 Å². The van der Waals surface area contributed by atoms with Crippen LogP contribution in [0.25, 0.3) is 0 Å². The summed E-state index contributed by atoms with van der Waals surface area (Å²) >= 11 is 6.12. The maximum atomic E-state index is 11.1. The standard InChI is InChI=1S/C7H14ClNOSi/c1-11(2,8)6-9-5-3-4-7(9)10/h3-6H2,1-2H3. The van der Waals surface area contributed by atoms with Crippen LogP contribution in [0.15, 0.2) is 0 Å². The molecule has 0 saturated carbocycles. The van der Waals surface area contributed by atoms with Gasteiger partial charge >= 0.3 is 0 Å². The third-order valence-electron chi connectivity index (χ3n) is 1.74. The van der Waals surface area contributed by atoms with Crippen LogP contribution in [0.5, 0.6) is 0 Å². The number of halogens is 1. The molecule has 2 nitrogen and oxygen atoms in total. The van der Waals surface area contributed by atoms with E-state index >= 15 is 0 Å². The highest BCUT2D eigenvalue weighted by Crippen LogP contribution is 2.15. The molecule has 0 unspecified atom stereocenters. The van der Waals surface area contributed by atoms with Gasteiger partial charge in [0.05, 0.1) is 0 Å². The van der Waals surface area contributed by atoms with Crippen LogP contribution in [-0.2, 0) is 4.79 Å². The molecule has 0 aromatic carbocycles. The molecule has 1 saturated heterocycles. The summed E-state index contributed by atoms with van der Waals surface area (Å²) in [6, 6.07) is 0. The SMILES string of the molecule is C[Si](C)(Cl)CN1CCCC1=O. The highest BCUT2D eigenvalue weighted by molar-refractivity contribution is 7.19. The van der Waals surface area contributed by atoms with Crippen molar-refractivity contribution in [2.24, 2.45) is 0 Å². The molecular weight excluding hydrogens is 178 g/mol. The lowest BCUT2D eigenvalue weighted by molar-refractivity contribution is -0.127. The molecule has 0 N–H and O–H groups in total. The molecule has 4 heteroatoms. The Labute approximate surface area is 73.2 Å². The minimum atomic E-state index is -1.59. The van der Waals surface area contributed by atoms with Gasteiger partial charge in [-0.3, -0.25) is 4.79 Å². The van der Waals surface area contributed by atoms with Gasteiger partial charge in [-0.15, -0.1) is 0 Å². The van der Waals surface area contributed by atoms with E-state index in [9.17, 15) is 4.79 Å². The van der Waals surface area contributed by atoms with E-state index in [-0.39, 0.29) is 5.91 Å². The van der Waals surface area contributed by atoms with Crippen molar-refractivity contribution >= 4 is 24.4 Å². The quantitative estimate of drug-likeness (QED) is 0.480. The number of rotatable bonds is 2. The van der Waals surface area contributed by atoms with Crippen molar-refractivity contribution in [2.75, 3.05) is 12.7 Å². The normalized spacial score (nSPS) is 19.5. The van der Waals surface area contributed by atoms with Crippen LogP contribution in [0.2, 0.25) is 13.1 Å². The zero-order valence-electron chi connectivity index (χ0n) is 7.06. The van der Waals surface area contributed by atoms with Gasteiger partial charge in [0.2, 0.25) is 5.91 Å². The average Bonchev–Trinajstić information content (AvgIpc) is 2.12. The molecule has 0 bridgehead atoms. The van der Waals surface area contributed by atoms with Crippen molar-refractivity contribution in [3.05, 3.63) is 0 Å². The van der Waals surface area contributed by atoms with Crippen molar-refractivity contribution in [1.82, 2.24) is 4.90 Å². The zero-order chi connectivity index (χ0) is 8.48. The topological polar surface area (TPSA) is 20.3 Å². The van der Waals surface area contributed by atoms with Crippen LogP contribution in [0.4, 0.5) is 0 Å². The first-order chi connectivity index (χ1) is 4.99. The smallest absolute Gasteiger partial charge is 0.222 e. The van der Waals surface area contributed by atoms with E-state index in [2.05, 4.69) is 13.1 Å². The summed E-state index contributed by atoms with van der Waals surface area (Å²) < 4.78 is 0. The van der Waals surface area contributed by atoms with E-state index in [1.165, 1.54) is 0 Å². The summed E-state index contributed by atoms with van der Waals surface area (Å²) in [6.45, 7) is 5.06. The van der Waals surface area contributed by atoms with E-state index in [1.807, 2.05) is 4.90 Å². The molecule has 0 atom stereocenters. The molecule has 0 aromatic heterocycles. The Hall–Kier alpha value is -0.0231. The summed E-state index contributed by atoms with van der Waals surface area (Å²) in [5, 5.41) is 0. The van der Waals surface area contributed by atoms with E-state index in [0.717, 1.165) is 25.6 Å².